The van der Waals surface area contributed by atoms with E-state index in [1.807, 2.05) is 29.2 Å². The van der Waals surface area contributed by atoms with Gasteiger partial charge in [0.1, 0.15) is 0 Å². The molecule has 1 atom stereocenters. The molecular formula is C18H27ClN4O. The molecule has 2 fully saturated rings. The summed E-state index contributed by atoms with van der Waals surface area (Å²) in [6.45, 7) is 10.2. The zero-order chi connectivity index (χ0) is 16.9. The minimum atomic E-state index is 0.0249. The van der Waals surface area contributed by atoms with Crippen LogP contribution in [-0.4, -0.2) is 79.5 Å². The van der Waals surface area contributed by atoms with E-state index in [4.69, 9.17) is 11.6 Å². The van der Waals surface area contributed by atoms with E-state index in [1.165, 1.54) is 0 Å². The molecule has 0 bridgehead atoms. The summed E-state index contributed by atoms with van der Waals surface area (Å²) >= 11 is 6.37. The van der Waals surface area contributed by atoms with Crippen LogP contribution in [0.25, 0.3) is 0 Å². The zero-order valence-corrected chi connectivity index (χ0v) is 15.1. The van der Waals surface area contributed by atoms with E-state index in [9.17, 15) is 4.79 Å². The number of nitrogens with one attached hydrogen (secondary N) is 1. The Balaban J connectivity index is 1.65. The van der Waals surface area contributed by atoms with E-state index >= 15 is 0 Å². The first-order chi connectivity index (χ1) is 11.7. The second-order valence-corrected chi connectivity index (χ2v) is 6.95. The smallest absolute Gasteiger partial charge is 0.237 e. The van der Waals surface area contributed by atoms with Gasteiger partial charge in [0.2, 0.25) is 5.91 Å². The van der Waals surface area contributed by atoms with E-state index in [0.717, 1.165) is 62.9 Å². The normalized spacial score (nSPS) is 23.4. The van der Waals surface area contributed by atoms with Gasteiger partial charge < -0.3 is 15.1 Å². The Hall–Kier alpha value is -1.14. The van der Waals surface area contributed by atoms with Crippen molar-refractivity contribution in [3.63, 3.8) is 0 Å². The molecule has 0 aromatic heterocycles. The van der Waals surface area contributed by atoms with Crippen LogP contribution in [-0.2, 0) is 4.79 Å². The monoisotopic (exact) mass is 350 g/mol. The fourth-order valence-corrected chi connectivity index (χ4v) is 3.83. The Kier molecular flexibility index (Phi) is 6.11. The molecule has 2 aliphatic rings. The van der Waals surface area contributed by atoms with E-state index in [2.05, 4.69) is 22.0 Å². The lowest BCUT2D eigenvalue weighted by Gasteiger charge is -2.39. The number of likely N-dealkylation sites (N-methyl/N-ethyl adjacent to an activating group) is 1. The van der Waals surface area contributed by atoms with Crippen LogP contribution in [0, 0.1) is 0 Å². The molecule has 2 heterocycles. The molecule has 132 valence electrons. The van der Waals surface area contributed by atoms with Gasteiger partial charge in [-0.3, -0.25) is 9.69 Å². The highest BCUT2D eigenvalue weighted by molar-refractivity contribution is 6.31. The Morgan fingerprint density at radius 3 is 2.58 bits per heavy atom. The van der Waals surface area contributed by atoms with Crippen LogP contribution in [0.3, 0.4) is 0 Å². The van der Waals surface area contributed by atoms with Crippen LogP contribution in [0.2, 0.25) is 5.02 Å². The number of amides is 1. The standard InChI is InChI=1S/C18H27ClN4O/c1-2-21-9-11-22(12-10-21)14-18(24)23-8-7-20-13-17(23)15-5-3-4-6-16(15)19/h3-6,17,20H,2,7-14H2,1H3. The molecule has 6 heteroatoms. The van der Waals surface area contributed by atoms with Crippen molar-refractivity contribution in [1.29, 1.82) is 0 Å². The van der Waals surface area contributed by atoms with Crippen LogP contribution in [0.15, 0.2) is 24.3 Å². The number of piperazine rings is 2. The maximum absolute atomic E-state index is 12.9. The zero-order valence-electron chi connectivity index (χ0n) is 14.4. The van der Waals surface area contributed by atoms with Gasteiger partial charge in [-0.25, -0.2) is 0 Å². The molecule has 24 heavy (non-hydrogen) atoms. The van der Waals surface area contributed by atoms with Crippen LogP contribution in [0.1, 0.15) is 18.5 Å². The number of nitrogens with zero attached hydrogens (tertiary/aromatic N) is 3. The Morgan fingerprint density at radius 2 is 1.88 bits per heavy atom. The molecular weight excluding hydrogens is 324 g/mol. The molecule has 0 aliphatic carbocycles. The minimum absolute atomic E-state index is 0.0249. The van der Waals surface area contributed by atoms with Crippen LogP contribution < -0.4 is 5.32 Å². The summed E-state index contributed by atoms with van der Waals surface area (Å²) in [4.78, 5) is 19.6. The van der Waals surface area contributed by atoms with Crippen molar-refractivity contribution < 1.29 is 4.79 Å². The van der Waals surface area contributed by atoms with Gasteiger partial charge in [-0.2, -0.15) is 0 Å². The van der Waals surface area contributed by atoms with Crippen molar-refractivity contribution in [1.82, 2.24) is 20.0 Å². The van der Waals surface area contributed by atoms with Gasteiger partial charge in [0.25, 0.3) is 0 Å². The van der Waals surface area contributed by atoms with Crippen molar-refractivity contribution in [2.75, 3.05) is 58.9 Å². The summed E-state index contributed by atoms with van der Waals surface area (Å²) in [5, 5.41) is 4.13. The van der Waals surface area contributed by atoms with Crippen molar-refractivity contribution in [3.05, 3.63) is 34.9 Å². The second kappa shape index (κ2) is 8.30. The molecule has 0 radical (unpaired) electrons. The molecule has 1 amide bonds. The molecule has 0 saturated carbocycles. The lowest BCUT2D eigenvalue weighted by Crippen LogP contribution is -2.54. The van der Waals surface area contributed by atoms with Gasteiger partial charge in [-0.15, -0.1) is 0 Å². The molecule has 3 rings (SSSR count). The first-order valence-corrected chi connectivity index (χ1v) is 9.26. The topological polar surface area (TPSA) is 38.8 Å². The minimum Gasteiger partial charge on any atom is -0.332 e. The largest absolute Gasteiger partial charge is 0.332 e. The van der Waals surface area contributed by atoms with E-state index in [0.29, 0.717) is 6.54 Å². The SMILES string of the molecule is CCN1CCN(CC(=O)N2CCNCC2c2ccccc2Cl)CC1. The summed E-state index contributed by atoms with van der Waals surface area (Å²) in [6, 6.07) is 7.87. The highest BCUT2D eigenvalue weighted by Gasteiger charge is 2.30. The number of rotatable bonds is 4. The Bertz CT molecular complexity index is 560. The number of halogens is 1. The molecule has 1 unspecified atom stereocenters. The van der Waals surface area contributed by atoms with Crippen molar-refractivity contribution in [3.8, 4) is 0 Å². The van der Waals surface area contributed by atoms with Crippen molar-refractivity contribution in [2.45, 2.75) is 13.0 Å². The average molecular weight is 351 g/mol. The fourth-order valence-electron chi connectivity index (χ4n) is 3.57. The third-order valence-corrected chi connectivity index (χ3v) is 5.44. The van der Waals surface area contributed by atoms with Crippen LogP contribution >= 0.6 is 11.6 Å². The number of hydrogen-bond acceptors (Lipinski definition) is 4. The van der Waals surface area contributed by atoms with Crippen molar-refractivity contribution >= 4 is 17.5 Å². The molecule has 0 spiro atoms. The summed E-state index contributed by atoms with van der Waals surface area (Å²) in [5.74, 6) is 0.214. The lowest BCUT2D eigenvalue weighted by molar-refractivity contribution is -0.136. The predicted octanol–water partition coefficient (Wildman–Crippen LogP) is 1.45. The maximum Gasteiger partial charge on any atom is 0.237 e. The van der Waals surface area contributed by atoms with Gasteiger partial charge in [-0.1, -0.05) is 36.7 Å². The Labute approximate surface area is 149 Å². The van der Waals surface area contributed by atoms with E-state index in [-0.39, 0.29) is 11.9 Å². The van der Waals surface area contributed by atoms with E-state index < -0.39 is 0 Å². The molecule has 1 aromatic rings. The molecule has 2 saturated heterocycles. The third-order valence-electron chi connectivity index (χ3n) is 5.10. The molecule has 1 N–H and O–H groups in total. The summed E-state index contributed by atoms with van der Waals surface area (Å²) in [6.07, 6.45) is 0. The lowest BCUT2D eigenvalue weighted by atomic mass is 10.0. The van der Waals surface area contributed by atoms with E-state index in [1.54, 1.807) is 0 Å². The first-order valence-electron chi connectivity index (χ1n) is 8.88. The highest BCUT2D eigenvalue weighted by atomic mass is 35.5. The van der Waals surface area contributed by atoms with Crippen LogP contribution in [0.4, 0.5) is 0 Å². The quantitative estimate of drug-likeness (QED) is 0.892. The molecule has 5 nitrogen and oxygen atoms in total. The number of carbonyl (C=O) groups is 1. The van der Waals surface area contributed by atoms with Crippen molar-refractivity contribution in [2.24, 2.45) is 0 Å². The van der Waals surface area contributed by atoms with Crippen LogP contribution in [0.5, 0.6) is 0 Å². The van der Waals surface area contributed by atoms with Gasteiger partial charge >= 0.3 is 0 Å². The Morgan fingerprint density at radius 1 is 1.17 bits per heavy atom. The predicted molar refractivity (Wildman–Crippen MR) is 97.3 cm³/mol. The first kappa shape index (κ1) is 17.7. The van der Waals surface area contributed by atoms with Gasteiger partial charge in [0.15, 0.2) is 0 Å². The maximum atomic E-state index is 12.9. The number of carbonyl (C=O) groups excluding carboxylic acids is 1. The van der Waals surface area contributed by atoms with Gasteiger partial charge in [0.05, 0.1) is 12.6 Å². The van der Waals surface area contributed by atoms with Gasteiger partial charge in [0, 0.05) is 50.8 Å². The fraction of sp³-hybridized carbons (Fsp3) is 0.611. The highest BCUT2D eigenvalue weighted by Crippen LogP contribution is 2.28. The van der Waals surface area contributed by atoms with Gasteiger partial charge in [-0.05, 0) is 18.2 Å². The molecule has 2 aliphatic heterocycles. The summed E-state index contributed by atoms with van der Waals surface area (Å²) < 4.78 is 0. The molecule has 1 aromatic carbocycles. The number of benzene rings is 1. The average Bonchev–Trinajstić information content (AvgIpc) is 2.63. The third kappa shape index (κ3) is 4.09. The number of hydrogen-bond donors (Lipinski definition) is 1. The second-order valence-electron chi connectivity index (χ2n) is 6.54. The summed E-state index contributed by atoms with van der Waals surface area (Å²) in [5.41, 5.74) is 1.04. The summed E-state index contributed by atoms with van der Waals surface area (Å²) in [7, 11) is 0.